The number of anilines is 2. The summed E-state index contributed by atoms with van der Waals surface area (Å²) in [7, 11) is 0. The number of β-amino-alcohol motifs (C(OH)–C–C–N with tert-alkyl or cyclic N) is 1. The summed E-state index contributed by atoms with van der Waals surface area (Å²) in [5.41, 5.74) is -0.975. The lowest BCUT2D eigenvalue weighted by atomic mass is 9.95. The Hall–Kier alpha value is -1.96. The molecular formula is C13H21N5O3. The first-order chi connectivity index (χ1) is 9.94. The second-order valence-corrected chi connectivity index (χ2v) is 5.60. The second kappa shape index (κ2) is 6.21. The Kier molecular flexibility index (Phi) is 4.56. The fraction of sp³-hybridized carbons (Fsp3) is 0.692. The zero-order valence-electron chi connectivity index (χ0n) is 12.4. The molecule has 0 saturated carbocycles. The van der Waals surface area contributed by atoms with Crippen molar-refractivity contribution in [3.63, 3.8) is 0 Å². The molecule has 116 valence electrons. The number of aromatic nitrogens is 2. The third-order valence-corrected chi connectivity index (χ3v) is 3.50. The maximum Gasteiger partial charge on any atom is 0.353 e. The van der Waals surface area contributed by atoms with Crippen LogP contribution in [0.5, 0.6) is 0 Å². The van der Waals surface area contributed by atoms with E-state index in [0.717, 1.165) is 12.8 Å². The molecule has 1 aromatic rings. The lowest BCUT2D eigenvalue weighted by Gasteiger charge is -2.37. The van der Waals surface area contributed by atoms with E-state index in [1.165, 1.54) is 6.33 Å². The van der Waals surface area contributed by atoms with Gasteiger partial charge in [0.15, 0.2) is 0 Å². The van der Waals surface area contributed by atoms with Gasteiger partial charge in [0.25, 0.3) is 0 Å². The molecule has 1 saturated heterocycles. The smallest absolute Gasteiger partial charge is 0.353 e. The van der Waals surface area contributed by atoms with Gasteiger partial charge in [-0.25, -0.2) is 9.97 Å². The van der Waals surface area contributed by atoms with Crippen LogP contribution in [0, 0.1) is 10.1 Å². The van der Waals surface area contributed by atoms with Gasteiger partial charge < -0.3 is 15.3 Å². The number of nitrogens with one attached hydrogen (secondary N) is 1. The zero-order chi connectivity index (χ0) is 15.5. The lowest BCUT2D eigenvalue weighted by Crippen LogP contribution is -2.46. The van der Waals surface area contributed by atoms with E-state index >= 15 is 0 Å². The van der Waals surface area contributed by atoms with Gasteiger partial charge in [-0.05, 0) is 26.2 Å². The monoisotopic (exact) mass is 295 g/mol. The molecule has 1 fully saturated rings. The van der Waals surface area contributed by atoms with Crippen molar-refractivity contribution in [2.45, 2.75) is 38.7 Å². The Morgan fingerprint density at radius 1 is 1.57 bits per heavy atom. The molecule has 1 aliphatic rings. The topological polar surface area (TPSA) is 104 Å². The van der Waals surface area contributed by atoms with Gasteiger partial charge in [-0.3, -0.25) is 10.1 Å². The minimum atomic E-state index is -0.853. The normalized spacial score (nSPS) is 22.1. The van der Waals surface area contributed by atoms with Crippen LogP contribution >= 0.6 is 0 Å². The number of aliphatic hydroxyl groups is 1. The van der Waals surface area contributed by atoms with Crippen LogP contribution < -0.4 is 10.2 Å². The number of nitro groups is 1. The van der Waals surface area contributed by atoms with Crippen molar-refractivity contribution in [3.8, 4) is 0 Å². The maximum absolute atomic E-state index is 11.4. The molecule has 0 aliphatic carbocycles. The maximum atomic E-state index is 11.4. The number of rotatable bonds is 5. The van der Waals surface area contributed by atoms with E-state index in [9.17, 15) is 15.2 Å². The van der Waals surface area contributed by atoms with Crippen LogP contribution in [0.1, 0.15) is 33.1 Å². The SMILES string of the molecule is CCCNc1ncnc(N2CCCC(C)(O)C2)c1[N+](=O)[O-]. The lowest BCUT2D eigenvalue weighted by molar-refractivity contribution is -0.383. The molecule has 2 rings (SSSR count). The highest BCUT2D eigenvalue weighted by molar-refractivity contribution is 5.70. The van der Waals surface area contributed by atoms with Crippen molar-refractivity contribution < 1.29 is 10.0 Å². The molecule has 1 aliphatic heterocycles. The number of hydrogen-bond acceptors (Lipinski definition) is 7. The fourth-order valence-electron chi connectivity index (χ4n) is 2.54. The summed E-state index contributed by atoms with van der Waals surface area (Å²) < 4.78 is 0. The molecular weight excluding hydrogens is 274 g/mol. The van der Waals surface area contributed by atoms with Gasteiger partial charge in [0.05, 0.1) is 10.5 Å². The molecule has 8 nitrogen and oxygen atoms in total. The standard InChI is InChI=1S/C13H21N5O3/c1-3-6-14-11-10(18(20)21)12(16-9-15-11)17-7-4-5-13(2,19)8-17/h9,19H,3-8H2,1-2H3,(H,14,15,16). The number of piperidine rings is 1. The van der Waals surface area contributed by atoms with Gasteiger partial charge in [0.1, 0.15) is 6.33 Å². The van der Waals surface area contributed by atoms with Gasteiger partial charge in [-0.15, -0.1) is 0 Å². The molecule has 0 amide bonds. The molecule has 0 radical (unpaired) electrons. The highest BCUT2D eigenvalue weighted by atomic mass is 16.6. The molecule has 0 bridgehead atoms. The second-order valence-electron chi connectivity index (χ2n) is 5.60. The van der Waals surface area contributed by atoms with E-state index in [-0.39, 0.29) is 17.3 Å². The van der Waals surface area contributed by atoms with Crippen molar-refractivity contribution in [3.05, 3.63) is 16.4 Å². The Bertz CT molecular complexity index is 521. The van der Waals surface area contributed by atoms with Crippen molar-refractivity contribution in [1.29, 1.82) is 0 Å². The van der Waals surface area contributed by atoms with E-state index in [1.807, 2.05) is 6.92 Å². The summed E-state index contributed by atoms with van der Waals surface area (Å²) in [5, 5.41) is 24.5. The van der Waals surface area contributed by atoms with Crippen LogP contribution in [-0.4, -0.2) is 45.2 Å². The summed E-state index contributed by atoms with van der Waals surface area (Å²) >= 11 is 0. The molecule has 2 N–H and O–H groups in total. The van der Waals surface area contributed by atoms with Gasteiger partial charge in [0.2, 0.25) is 11.6 Å². The van der Waals surface area contributed by atoms with Crippen molar-refractivity contribution in [1.82, 2.24) is 9.97 Å². The summed E-state index contributed by atoms with van der Waals surface area (Å²) in [4.78, 5) is 20.8. The van der Waals surface area contributed by atoms with Gasteiger partial charge in [0, 0.05) is 19.6 Å². The minimum Gasteiger partial charge on any atom is -0.388 e. The van der Waals surface area contributed by atoms with Crippen LogP contribution in [-0.2, 0) is 0 Å². The van der Waals surface area contributed by atoms with Gasteiger partial charge >= 0.3 is 5.69 Å². The average Bonchev–Trinajstić information content (AvgIpc) is 2.43. The predicted octanol–water partition coefficient (Wildman–Crippen LogP) is 1.56. The summed E-state index contributed by atoms with van der Waals surface area (Å²) in [5.74, 6) is 0.505. The molecule has 2 heterocycles. The molecule has 1 aromatic heterocycles. The molecule has 8 heteroatoms. The molecule has 0 spiro atoms. The molecule has 0 aromatic carbocycles. The van der Waals surface area contributed by atoms with E-state index in [4.69, 9.17) is 0 Å². The first-order valence-corrected chi connectivity index (χ1v) is 7.15. The van der Waals surface area contributed by atoms with E-state index < -0.39 is 10.5 Å². The fourth-order valence-corrected chi connectivity index (χ4v) is 2.54. The Balaban J connectivity index is 2.36. The molecule has 1 unspecified atom stereocenters. The average molecular weight is 295 g/mol. The van der Waals surface area contributed by atoms with E-state index in [0.29, 0.717) is 26.1 Å². The van der Waals surface area contributed by atoms with Crippen LogP contribution in [0.3, 0.4) is 0 Å². The molecule has 21 heavy (non-hydrogen) atoms. The summed E-state index contributed by atoms with van der Waals surface area (Å²) in [6.07, 6.45) is 3.62. The Morgan fingerprint density at radius 2 is 2.33 bits per heavy atom. The van der Waals surface area contributed by atoms with Crippen LogP contribution in [0.15, 0.2) is 6.33 Å². The first-order valence-electron chi connectivity index (χ1n) is 7.15. The third-order valence-electron chi connectivity index (χ3n) is 3.50. The van der Waals surface area contributed by atoms with Crippen LogP contribution in [0.25, 0.3) is 0 Å². The summed E-state index contributed by atoms with van der Waals surface area (Å²) in [6, 6.07) is 0. The van der Waals surface area contributed by atoms with Gasteiger partial charge in [-0.1, -0.05) is 6.92 Å². The van der Waals surface area contributed by atoms with Crippen LogP contribution in [0.2, 0.25) is 0 Å². The summed E-state index contributed by atoms with van der Waals surface area (Å²) in [6.45, 7) is 5.29. The van der Waals surface area contributed by atoms with E-state index in [2.05, 4.69) is 15.3 Å². The minimum absolute atomic E-state index is 0.122. The van der Waals surface area contributed by atoms with Crippen LogP contribution in [0.4, 0.5) is 17.3 Å². The highest BCUT2D eigenvalue weighted by Crippen LogP contribution is 2.34. The number of nitrogens with zero attached hydrogens (tertiary/aromatic N) is 4. The Morgan fingerprint density at radius 3 is 2.95 bits per heavy atom. The first kappa shape index (κ1) is 15.4. The quantitative estimate of drug-likeness (QED) is 0.627. The van der Waals surface area contributed by atoms with Crippen molar-refractivity contribution in [2.24, 2.45) is 0 Å². The number of hydrogen-bond donors (Lipinski definition) is 2. The largest absolute Gasteiger partial charge is 0.388 e. The van der Waals surface area contributed by atoms with E-state index in [1.54, 1.807) is 11.8 Å². The van der Waals surface area contributed by atoms with Gasteiger partial charge in [-0.2, -0.15) is 0 Å². The zero-order valence-corrected chi connectivity index (χ0v) is 12.4. The third kappa shape index (κ3) is 3.57. The highest BCUT2D eigenvalue weighted by Gasteiger charge is 2.34. The van der Waals surface area contributed by atoms with Crippen molar-refractivity contribution >= 4 is 17.3 Å². The Labute approximate surface area is 123 Å². The predicted molar refractivity (Wildman–Crippen MR) is 79.5 cm³/mol. The van der Waals surface area contributed by atoms with Crippen molar-refractivity contribution in [2.75, 3.05) is 29.9 Å². The molecule has 1 atom stereocenters.